The minimum absolute atomic E-state index is 0.0127. The third kappa shape index (κ3) is 4.16. The van der Waals surface area contributed by atoms with Crippen LogP contribution in [-0.4, -0.2) is 54.5 Å². The molecule has 0 spiro atoms. The highest BCUT2D eigenvalue weighted by Gasteiger charge is 2.45. The lowest BCUT2D eigenvalue weighted by atomic mass is 9.81. The molecule has 3 fully saturated rings. The van der Waals surface area contributed by atoms with Crippen molar-refractivity contribution >= 4 is 17.9 Å². The predicted octanol–water partition coefficient (Wildman–Crippen LogP) is 3.21. The Balaban J connectivity index is 1.43. The average molecular weight is 408 g/mol. The molecular formula is C20H25FN2O6. The molecular weight excluding hydrogens is 383 g/mol. The Labute approximate surface area is 167 Å². The molecule has 3 aliphatic rings. The van der Waals surface area contributed by atoms with Gasteiger partial charge in [-0.2, -0.15) is 0 Å². The molecule has 4 unspecified atom stereocenters. The number of amides is 2. The molecule has 2 saturated heterocycles. The van der Waals surface area contributed by atoms with E-state index in [1.807, 2.05) is 13.8 Å². The number of ether oxygens (including phenoxy) is 3. The average Bonchev–Trinajstić information content (AvgIpc) is 3.16. The van der Waals surface area contributed by atoms with Crippen LogP contribution in [0.3, 0.4) is 0 Å². The number of rotatable bonds is 4. The van der Waals surface area contributed by atoms with Crippen molar-refractivity contribution in [3.8, 4) is 0 Å². The lowest BCUT2D eigenvalue weighted by Crippen LogP contribution is -2.33. The molecule has 0 bridgehead atoms. The van der Waals surface area contributed by atoms with Crippen LogP contribution in [0, 0.1) is 5.82 Å². The van der Waals surface area contributed by atoms with Gasteiger partial charge in [0, 0.05) is 0 Å². The van der Waals surface area contributed by atoms with Crippen molar-refractivity contribution in [2.45, 2.75) is 63.1 Å². The monoisotopic (exact) mass is 408 g/mol. The van der Waals surface area contributed by atoms with Crippen LogP contribution in [0.2, 0.25) is 0 Å². The number of hydrogen-bond acceptors (Lipinski definition) is 5. The molecule has 1 saturated carbocycles. The fourth-order valence-electron chi connectivity index (χ4n) is 4.45. The van der Waals surface area contributed by atoms with Gasteiger partial charge in [0.25, 0.3) is 0 Å². The number of cyclic esters (lactones) is 1. The summed E-state index contributed by atoms with van der Waals surface area (Å²) in [5, 5.41) is 10.9. The molecule has 29 heavy (non-hydrogen) atoms. The number of carbonyl (C=O) groups is 2. The summed E-state index contributed by atoms with van der Waals surface area (Å²) in [5.74, 6) is -0.945. The van der Waals surface area contributed by atoms with Gasteiger partial charge in [0.15, 0.2) is 5.79 Å². The van der Waals surface area contributed by atoms with Crippen molar-refractivity contribution in [2.75, 3.05) is 18.0 Å². The first-order chi connectivity index (χ1) is 13.7. The minimum atomic E-state index is -1.19. The van der Waals surface area contributed by atoms with E-state index in [1.54, 1.807) is 12.1 Å². The molecule has 4 rings (SSSR count). The maximum atomic E-state index is 14.9. The van der Waals surface area contributed by atoms with E-state index in [0.29, 0.717) is 17.7 Å². The van der Waals surface area contributed by atoms with Gasteiger partial charge in [-0.25, -0.2) is 14.0 Å². The van der Waals surface area contributed by atoms with Crippen molar-refractivity contribution in [1.29, 1.82) is 0 Å². The van der Waals surface area contributed by atoms with E-state index < -0.39 is 24.1 Å². The van der Waals surface area contributed by atoms with Gasteiger partial charge in [0.1, 0.15) is 11.9 Å². The summed E-state index contributed by atoms with van der Waals surface area (Å²) in [7, 11) is 0. The van der Waals surface area contributed by atoms with E-state index in [-0.39, 0.29) is 37.0 Å². The third-order valence-corrected chi connectivity index (χ3v) is 5.69. The molecule has 8 nitrogen and oxygen atoms in total. The molecule has 9 heteroatoms. The van der Waals surface area contributed by atoms with Crippen molar-refractivity contribution < 1.29 is 33.3 Å². The maximum Gasteiger partial charge on any atom is 0.414 e. The Morgan fingerprint density at radius 2 is 2.07 bits per heavy atom. The SMILES string of the molecule is CC1(C)OC2CCC(c3ccc(N4CC(CNC(=O)O)OC4=O)cc3F)CC2O1. The van der Waals surface area contributed by atoms with E-state index in [4.69, 9.17) is 19.3 Å². The number of benzene rings is 1. The zero-order chi connectivity index (χ0) is 20.8. The standard InChI is InChI=1S/C20H25FN2O6/c1-20(2)28-16-6-3-11(7-17(16)29-20)14-5-4-12(8-15(14)21)23-10-13(27-19(23)26)9-22-18(24)25/h4-5,8,11,13,16-17,22H,3,6-7,9-10H2,1-2H3,(H,24,25). The summed E-state index contributed by atoms with van der Waals surface area (Å²) in [6, 6.07) is 4.76. The number of carboxylic acid groups (broad SMARTS) is 1. The van der Waals surface area contributed by atoms with E-state index >= 15 is 0 Å². The zero-order valence-corrected chi connectivity index (χ0v) is 16.4. The summed E-state index contributed by atoms with van der Waals surface area (Å²) < 4.78 is 31.9. The van der Waals surface area contributed by atoms with Gasteiger partial charge in [-0.1, -0.05) is 6.07 Å². The van der Waals surface area contributed by atoms with Gasteiger partial charge in [0.2, 0.25) is 0 Å². The van der Waals surface area contributed by atoms with Gasteiger partial charge < -0.3 is 24.6 Å². The minimum Gasteiger partial charge on any atom is -0.465 e. The Kier molecular flexibility index (Phi) is 5.12. The number of hydrogen-bond donors (Lipinski definition) is 2. The first kappa shape index (κ1) is 19.9. The van der Waals surface area contributed by atoms with Gasteiger partial charge in [-0.05, 0) is 56.7 Å². The summed E-state index contributed by atoms with van der Waals surface area (Å²) in [6.07, 6.45) is -0.0859. The number of nitrogens with zero attached hydrogens (tertiary/aromatic N) is 1. The zero-order valence-electron chi connectivity index (χ0n) is 16.4. The van der Waals surface area contributed by atoms with Crippen LogP contribution in [0.5, 0.6) is 0 Å². The fraction of sp³-hybridized carbons (Fsp3) is 0.600. The number of anilines is 1. The van der Waals surface area contributed by atoms with Crippen molar-refractivity contribution in [2.24, 2.45) is 0 Å². The number of fused-ring (bicyclic) bond motifs is 1. The topological polar surface area (TPSA) is 97.3 Å². The van der Waals surface area contributed by atoms with Gasteiger partial charge >= 0.3 is 12.2 Å². The van der Waals surface area contributed by atoms with Crippen LogP contribution in [0.15, 0.2) is 18.2 Å². The normalized spacial score (nSPS) is 30.7. The quantitative estimate of drug-likeness (QED) is 0.794. The lowest BCUT2D eigenvalue weighted by Gasteiger charge is -2.30. The van der Waals surface area contributed by atoms with Crippen LogP contribution < -0.4 is 10.2 Å². The van der Waals surface area contributed by atoms with E-state index in [2.05, 4.69) is 5.32 Å². The molecule has 1 aliphatic carbocycles. The van der Waals surface area contributed by atoms with Crippen LogP contribution in [-0.2, 0) is 14.2 Å². The van der Waals surface area contributed by atoms with E-state index in [9.17, 15) is 14.0 Å². The van der Waals surface area contributed by atoms with Crippen molar-refractivity contribution in [1.82, 2.24) is 5.32 Å². The lowest BCUT2D eigenvalue weighted by molar-refractivity contribution is -0.145. The Hall–Kier alpha value is -2.39. The summed E-state index contributed by atoms with van der Waals surface area (Å²) in [5.41, 5.74) is 1.00. The molecule has 2 heterocycles. The molecule has 2 amide bonds. The highest BCUT2D eigenvalue weighted by molar-refractivity contribution is 5.89. The maximum absolute atomic E-state index is 14.9. The number of nitrogens with one attached hydrogen (secondary N) is 1. The van der Waals surface area contributed by atoms with Crippen LogP contribution >= 0.6 is 0 Å². The number of carbonyl (C=O) groups excluding carboxylic acids is 1. The highest BCUT2D eigenvalue weighted by Crippen LogP contribution is 2.43. The summed E-state index contributed by atoms with van der Waals surface area (Å²) in [6.45, 7) is 3.93. The second-order valence-corrected chi connectivity index (χ2v) is 8.23. The molecule has 1 aromatic rings. The summed E-state index contributed by atoms with van der Waals surface area (Å²) in [4.78, 5) is 24.0. The van der Waals surface area contributed by atoms with E-state index in [1.165, 1.54) is 11.0 Å². The Morgan fingerprint density at radius 1 is 1.31 bits per heavy atom. The molecule has 0 radical (unpaired) electrons. The molecule has 1 aromatic carbocycles. The Bertz CT molecular complexity index is 816. The predicted molar refractivity (Wildman–Crippen MR) is 100 cm³/mol. The second kappa shape index (κ2) is 7.46. The van der Waals surface area contributed by atoms with Gasteiger partial charge in [0.05, 0.1) is 31.0 Å². The smallest absolute Gasteiger partial charge is 0.414 e. The van der Waals surface area contributed by atoms with Gasteiger partial charge in [-0.3, -0.25) is 4.90 Å². The van der Waals surface area contributed by atoms with Crippen molar-refractivity contribution in [3.63, 3.8) is 0 Å². The summed E-state index contributed by atoms with van der Waals surface area (Å²) >= 11 is 0. The fourth-order valence-corrected chi connectivity index (χ4v) is 4.45. The highest BCUT2D eigenvalue weighted by atomic mass is 19.1. The van der Waals surface area contributed by atoms with E-state index in [0.717, 1.165) is 12.8 Å². The second-order valence-electron chi connectivity index (χ2n) is 8.23. The molecule has 0 aromatic heterocycles. The first-order valence-corrected chi connectivity index (χ1v) is 9.82. The van der Waals surface area contributed by atoms with Crippen molar-refractivity contribution in [3.05, 3.63) is 29.6 Å². The molecule has 2 N–H and O–H groups in total. The molecule has 2 aliphatic heterocycles. The van der Waals surface area contributed by atoms with Crippen LogP contribution in [0.4, 0.5) is 19.7 Å². The Morgan fingerprint density at radius 3 is 2.79 bits per heavy atom. The molecule has 158 valence electrons. The van der Waals surface area contributed by atoms with Crippen LogP contribution in [0.1, 0.15) is 44.6 Å². The first-order valence-electron chi connectivity index (χ1n) is 9.82. The third-order valence-electron chi connectivity index (χ3n) is 5.69. The van der Waals surface area contributed by atoms with Gasteiger partial charge in [-0.15, -0.1) is 0 Å². The van der Waals surface area contributed by atoms with Crippen LogP contribution in [0.25, 0.3) is 0 Å². The number of halogens is 1. The molecule has 4 atom stereocenters. The largest absolute Gasteiger partial charge is 0.465 e.